The van der Waals surface area contributed by atoms with Crippen LogP contribution in [-0.4, -0.2) is 27.3 Å². The molecule has 0 unspecified atom stereocenters. The lowest BCUT2D eigenvalue weighted by Gasteiger charge is -2.22. The fraction of sp³-hybridized carbons (Fsp3) is 0.421. The highest BCUT2D eigenvalue weighted by Crippen LogP contribution is 2.31. The zero-order valence-corrected chi connectivity index (χ0v) is 16.4. The third-order valence-electron chi connectivity index (χ3n) is 4.66. The smallest absolute Gasteiger partial charge is 0.385 e. The number of rotatable bonds is 5. The summed E-state index contributed by atoms with van der Waals surface area (Å²) >= 11 is 0.959. The first-order valence-electron chi connectivity index (χ1n) is 9.23. The van der Waals surface area contributed by atoms with Gasteiger partial charge in [0.1, 0.15) is 5.82 Å². The first-order valence-corrected chi connectivity index (χ1v) is 10.2. The summed E-state index contributed by atoms with van der Waals surface area (Å²) in [5, 5.41) is 3.01. The zero-order valence-electron chi connectivity index (χ0n) is 15.5. The van der Waals surface area contributed by atoms with Gasteiger partial charge in [-0.15, -0.1) is 0 Å². The van der Waals surface area contributed by atoms with Crippen LogP contribution in [0.25, 0.3) is 5.69 Å². The predicted octanol–water partition coefficient (Wildman–Crippen LogP) is 3.37. The predicted molar refractivity (Wildman–Crippen MR) is 105 cm³/mol. The molecule has 1 aliphatic carbocycles. The third kappa shape index (κ3) is 5.53. The van der Waals surface area contributed by atoms with E-state index in [0.717, 1.165) is 62.1 Å². The molecule has 3 N–H and O–H groups in total. The molecule has 1 saturated carbocycles. The molecule has 0 atom stereocenters. The van der Waals surface area contributed by atoms with E-state index in [2.05, 4.69) is 10.3 Å². The molecule has 0 bridgehead atoms. The van der Waals surface area contributed by atoms with Crippen LogP contribution in [0.3, 0.4) is 0 Å². The summed E-state index contributed by atoms with van der Waals surface area (Å²) < 4.78 is 40.4. The van der Waals surface area contributed by atoms with Crippen molar-refractivity contribution in [2.75, 3.05) is 11.5 Å². The molecular weight excluding hydrogens is 405 g/mol. The Morgan fingerprint density at radius 2 is 1.97 bits per heavy atom. The molecular formula is C19H21F3N4O2S. The van der Waals surface area contributed by atoms with Crippen LogP contribution < -0.4 is 16.6 Å². The number of alkyl halides is 3. The maximum Gasteiger partial charge on any atom is 0.416 e. The number of anilines is 1. The van der Waals surface area contributed by atoms with E-state index in [4.69, 9.17) is 5.73 Å². The molecule has 10 heteroatoms. The van der Waals surface area contributed by atoms with Gasteiger partial charge in [-0.25, -0.2) is 0 Å². The van der Waals surface area contributed by atoms with Gasteiger partial charge in [0.2, 0.25) is 5.91 Å². The number of hydrogen-bond acceptors (Lipinski definition) is 5. The number of nitrogens with one attached hydrogen (secondary N) is 1. The summed E-state index contributed by atoms with van der Waals surface area (Å²) in [6.07, 6.45) is 0.652. The van der Waals surface area contributed by atoms with Crippen molar-refractivity contribution >= 4 is 23.5 Å². The zero-order chi connectivity index (χ0) is 21.0. The fourth-order valence-corrected chi connectivity index (χ4v) is 4.14. The van der Waals surface area contributed by atoms with Gasteiger partial charge in [0.25, 0.3) is 5.56 Å². The van der Waals surface area contributed by atoms with E-state index in [1.165, 1.54) is 16.7 Å². The van der Waals surface area contributed by atoms with Crippen LogP contribution in [0.15, 0.2) is 40.3 Å². The molecule has 0 spiro atoms. The Morgan fingerprint density at radius 1 is 1.24 bits per heavy atom. The van der Waals surface area contributed by atoms with E-state index in [1.54, 1.807) is 0 Å². The minimum Gasteiger partial charge on any atom is -0.385 e. The van der Waals surface area contributed by atoms with E-state index in [-0.39, 0.29) is 34.4 Å². The van der Waals surface area contributed by atoms with Gasteiger partial charge >= 0.3 is 6.18 Å². The highest BCUT2D eigenvalue weighted by Gasteiger charge is 2.30. The summed E-state index contributed by atoms with van der Waals surface area (Å²) in [4.78, 5) is 27.9. The van der Waals surface area contributed by atoms with Crippen LogP contribution in [-0.2, 0) is 11.0 Å². The van der Waals surface area contributed by atoms with E-state index < -0.39 is 17.3 Å². The van der Waals surface area contributed by atoms with Gasteiger partial charge in [0.05, 0.1) is 17.0 Å². The molecule has 0 saturated heterocycles. The Labute approximate surface area is 169 Å². The minimum atomic E-state index is -4.52. The van der Waals surface area contributed by atoms with Gasteiger partial charge < -0.3 is 11.1 Å². The molecule has 1 amide bonds. The molecule has 6 nitrogen and oxygen atoms in total. The molecule has 0 radical (unpaired) electrons. The maximum atomic E-state index is 13.1. The number of aromatic nitrogens is 2. The van der Waals surface area contributed by atoms with Crippen molar-refractivity contribution in [3.63, 3.8) is 0 Å². The second-order valence-corrected chi connectivity index (χ2v) is 7.82. The number of benzene rings is 1. The van der Waals surface area contributed by atoms with Gasteiger partial charge in [-0.05, 0) is 31.0 Å². The van der Waals surface area contributed by atoms with Crippen molar-refractivity contribution in [2.24, 2.45) is 0 Å². The topological polar surface area (TPSA) is 90.0 Å². The van der Waals surface area contributed by atoms with E-state index in [0.29, 0.717) is 0 Å². The van der Waals surface area contributed by atoms with Crippen molar-refractivity contribution in [1.82, 2.24) is 14.9 Å². The number of amides is 1. The second-order valence-electron chi connectivity index (χ2n) is 6.88. The lowest BCUT2D eigenvalue weighted by Crippen LogP contribution is -2.37. The SMILES string of the molecule is Nc1cc(=O)nc(SCC(=O)NC2CCCCC2)n1-c1cccc(C(F)(F)F)c1. The van der Waals surface area contributed by atoms with Gasteiger partial charge in [0, 0.05) is 12.1 Å². The standard InChI is InChI=1S/C19H21F3N4O2S/c20-19(21,22)12-5-4-8-14(9-12)26-15(23)10-16(27)25-18(26)29-11-17(28)24-13-6-2-1-3-7-13/h4-5,8-10,13H,1-3,6-7,11,23H2,(H,24,28). The highest BCUT2D eigenvalue weighted by molar-refractivity contribution is 7.99. The molecule has 1 aliphatic rings. The summed E-state index contributed by atoms with van der Waals surface area (Å²) in [6.45, 7) is 0. The van der Waals surface area contributed by atoms with Crippen molar-refractivity contribution < 1.29 is 18.0 Å². The number of nitrogens with zero attached hydrogens (tertiary/aromatic N) is 2. The third-order valence-corrected chi connectivity index (χ3v) is 5.60. The Kier molecular flexibility index (Phi) is 6.51. The maximum absolute atomic E-state index is 13.1. The van der Waals surface area contributed by atoms with Crippen molar-refractivity contribution in [3.05, 3.63) is 46.2 Å². The molecule has 2 aromatic rings. The largest absolute Gasteiger partial charge is 0.416 e. The van der Waals surface area contributed by atoms with Gasteiger partial charge in [-0.3, -0.25) is 14.2 Å². The van der Waals surface area contributed by atoms with E-state index in [1.807, 2.05) is 0 Å². The Morgan fingerprint density at radius 3 is 2.66 bits per heavy atom. The number of hydrogen-bond donors (Lipinski definition) is 2. The molecule has 1 aromatic carbocycles. The van der Waals surface area contributed by atoms with Crippen LogP contribution >= 0.6 is 11.8 Å². The van der Waals surface area contributed by atoms with Gasteiger partial charge in [-0.1, -0.05) is 37.1 Å². The number of halogens is 3. The summed E-state index contributed by atoms with van der Waals surface area (Å²) in [5.74, 6) is -0.292. The first kappa shape index (κ1) is 21.2. The van der Waals surface area contributed by atoms with Crippen molar-refractivity contribution in [2.45, 2.75) is 49.5 Å². The summed E-state index contributed by atoms with van der Waals surface area (Å²) in [5.41, 5.74) is 4.54. The van der Waals surface area contributed by atoms with Crippen molar-refractivity contribution in [3.8, 4) is 5.69 Å². The first-order chi connectivity index (χ1) is 13.7. The molecule has 0 aliphatic heterocycles. The quantitative estimate of drug-likeness (QED) is 0.565. The van der Waals surface area contributed by atoms with Crippen molar-refractivity contribution in [1.29, 1.82) is 0 Å². The van der Waals surface area contributed by atoms with Crippen LogP contribution in [0, 0.1) is 0 Å². The summed E-state index contributed by atoms with van der Waals surface area (Å²) in [6, 6.07) is 5.72. The Hall–Kier alpha value is -2.49. The molecule has 1 aromatic heterocycles. The second kappa shape index (κ2) is 8.89. The average Bonchev–Trinajstić information content (AvgIpc) is 2.66. The van der Waals surface area contributed by atoms with Crippen LogP contribution in [0.5, 0.6) is 0 Å². The van der Waals surface area contributed by atoms with Gasteiger partial charge in [0.15, 0.2) is 5.16 Å². The summed E-state index contributed by atoms with van der Waals surface area (Å²) in [7, 11) is 0. The van der Waals surface area contributed by atoms with Crippen LogP contribution in [0.1, 0.15) is 37.7 Å². The molecule has 156 valence electrons. The number of carbonyl (C=O) groups is 1. The van der Waals surface area contributed by atoms with Gasteiger partial charge in [-0.2, -0.15) is 18.2 Å². The number of nitrogens with two attached hydrogens (primary N) is 1. The lowest BCUT2D eigenvalue weighted by atomic mass is 9.95. The molecule has 1 heterocycles. The Balaban J connectivity index is 1.82. The number of nitrogen functional groups attached to an aromatic ring is 1. The number of thioether (sulfide) groups is 1. The van der Waals surface area contributed by atoms with E-state index in [9.17, 15) is 22.8 Å². The molecule has 1 fully saturated rings. The van der Waals surface area contributed by atoms with E-state index >= 15 is 0 Å². The Bertz CT molecular complexity index is 940. The van der Waals surface area contributed by atoms with Crippen LogP contribution in [0.2, 0.25) is 0 Å². The van der Waals surface area contributed by atoms with Crippen LogP contribution in [0.4, 0.5) is 19.0 Å². The lowest BCUT2D eigenvalue weighted by molar-refractivity contribution is -0.137. The average molecular weight is 426 g/mol. The monoisotopic (exact) mass is 426 g/mol. The number of carbonyl (C=O) groups excluding carboxylic acids is 1. The normalized spacial score (nSPS) is 15.3. The molecule has 3 rings (SSSR count). The molecule has 29 heavy (non-hydrogen) atoms. The highest BCUT2D eigenvalue weighted by atomic mass is 32.2. The fourth-order valence-electron chi connectivity index (χ4n) is 3.30. The minimum absolute atomic E-state index is 0.0225.